The first-order chi connectivity index (χ1) is 10.3. The molecular weight excluding hydrogens is 354 g/mol. The van der Waals surface area contributed by atoms with Crippen molar-refractivity contribution in [1.82, 2.24) is 9.97 Å². The van der Waals surface area contributed by atoms with Crippen LogP contribution in [0.2, 0.25) is 0 Å². The van der Waals surface area contributed by atoms with Gasteiger partial charge in [0.1, 0.15) is 10.8 Å². The van der Waals surface area contributed by atoms with Crippen molar-refractivity contribution in [2.45, 2.75) is 16.8 Å². The van der Waals surface area contributed by atoms with Crippen molar-refractivity contribution in [3.63, 3.8) is 0 Å². The van der Waals surface area contributed by atoms with Gasteiger partial charge in [0, 0.05) is 29.8 Å². The van der Waals surface area contributed by atoms with Gasteiger partial charge in [0.2, 0.25) is 15.0 Å². The van der Waals surface area contributed by atoms with Gasteiger partial charge >= 0.3 is 5.97 Å². The summed E-state index contributed by atoms with van der Waals surface area (Å²) in [4.78, 5) is 33.1. The lowest BCUT2D eigenvalue weighted by atomic mass is 10.3. The number of ether oxygens (including phenoxy) is 1. The van der Waals surface area contributed by atoms with Gasteiger partial charge < -0.3 is 4.74 Å². The average Bonchev–Trinajstić information content (AvgIpc) is 2.87. The van der Waals surface area contributed by atoms with Crippen LogP contribution >= 0.6 is 22.4 Å². The minimum atomic E-state index is -3.89. The highest BCUT2D eigenvalue weighted by molar-refractivity contribution is 8.14. The standard InChI is InChI=1S/C11H12ClN3O5S2/c1-20-10(17)7-4-13-11(21-2)14-9(7)15-5-6(3-8(15)16)22(12,18)19/h4,6H,3,5H2,1-2H3. The molecule has 1 aliphatic rings. The predicted molar refractivity (Wildman–Crippen MR) is 80.7 cm³/mol. The number of hydrogen-bond donors (Lipinski definition) is 0. The summed E-state index contributed by atoms with van der Waals surface area (Å²) in [5.41, 5.74) is -0.0127. The highest BCUT2D eigenvalue weighted by Gasteiger charge is 2.40. The van der Waals surface area contributed by atoms with E-state index in [0.717, 1.165) is 4.90 Å². The zero-order chi connectivity index (χ0) is 16.5. The van der Waals surface area contributed by atoms with E-state index < -0.39 is 26.2 Å². The lowest BCUT2D eigenvalue weighted by Crippen LogP contribution is -2.29. The summed E-state index contributed by atoms with van der Waals surface area (Å²) in [6.07, 6.45) is 2.72. The number of esters is 1. The Bertz CT molecular complexity index is 724. The number of thioether (sulfide) groups is 1. The summed E-state index contributed by atoms with van der Waals surface area (Å²) in [5.74, 6) is -1.17. The van der Waals surface area contributed by atoms with Gasteiger partial charge in [0.15, 0.2) is 11.0 Å². The molecule has 0 spiro atoms. The van der Waals surface area contributed by atoms with Crippen molar-refractivity contribution in [3.05, 3.63) is 11.8 Å². The molecule has 0 N–H and O–H groups in total. The van der Waals surface area contributed by atoms with Gasteiger partial charge in [-0.1, -0.05) is 11.8 Å². The number of hydrogen-bond acceptors (Lipinski definition) is 8. The minimum Gasteiger partial charge on any atom is -0.465 e. The third-order valence-corrected chi connectivity index (χ3v) is 5.51. The number of amides is 1. The molecule has 0 saturated carbocycles. The quantitative estimate of drug-likeness (QED) is 0.331. The van der Waals surface area contributed by atoms with E-state index in [1.807, 2.05) is 0 Å². The maximum absolute atomic E-state index is 12.1. The second-order valence-corrected chi connectivity index (χ2v) is 8.07. The number of carbonyl (C=O) groups is 2. The number of methoxy groups -OCH3 is 1. The number of halogens is 1. The first-order valence-corrected chi connectivity index (χ1v) is 9.60. The Kier molecular flexibility index (Phi) is 4.93. The Morgan fingerprint density at radius 2 is 2.23 bits per heavy atom. The molecule has 1 aromatic rings. The fraction of sp³-hybridized carbons (Fsp3) is 0.455. The maximum atomic E-state index is 12.1. The number of aromatic nitrogens is 2. The molecule has 1 saturated heterocycles. The van der Waals surface area contributed by atoms with Crippen LogP contribution < -0.4 is 4.90 Å². The average molecular weight is 366 g/mol. The van der Waals surface area contributed by atoms with E-state index in [1.165, 1.54) is 25.1 Å². The summed E-state index contributed by atoms with van der Waals surface area (Å²) in [5, 5.41) is -0.701. The molecule has 2 heterocycles. The molecule has 0 bridgehead atoms. The van der Waals surface area contributed by atoms with Crippen LogP contribution in [0.5, 0.6) is 0 Å². The number of nitrogens with zero attached hydrogens (tertiary/aromatic N) is 3. The van der Waals surface area contributed by atoms with Crippen LogP contribution in [0, 0.1) is 0 Å². The minimum absolute atomic E-state index is 0.0127. The van der Waals surface area contributed by atoms with Gasteiger partial charge in [0.05, 0.1) is 7.11 Å². The highest BCUT2D eigenvalue weighted by Crippen LogP contribution is 2.29. The number of carbonyl (C=O) groups excluding carboxylic acids is 2. The Hall–Kier alpha value is -1.39. The Labute approximate surface area is 135 Å². The normalized spacial score (nSPS) is 18.6. The van der Waals surface area contributed by atoms with Gasteiger partial charge in [-0.05, 0) is 6.26 Å². The van der Waals surface area contributed by atoms with Crippen LogP contribution in [0.4, 0.5) is 5.82 Å². The number of rotatable bonds is 4. The van der Waals surface area contributed by atoms with Gasteiger partial charge in [-0.3, -0.25) is 9.69 Å². The van der Waals surface area contributed by atoms with Crippen LogP contribution in [0.25, 0.3) is 0 Å². The fourth-order valence-corrected chi connectivity index (χ4v) is 3.35. The summed E-state index contributed by atoms with van der Waals surface area (Å²) in [6, 6.07) is 0. The summed E-state index contributed by atoms with van der Waals surface area (Å²) in [7, 11) is 2.61. The summed E-state index contributed by atoms with van der Waals surface area (Å²) < 4.78 is 27.5. The Balaban J connectivity index is 2.47. The van der Waals surface area contributed by atoms with Gasteiger partial charge in [-0.25, -0.2) is 23.2 Å². The van der Waals surface area contributed by atoms with E-state index >= 15 is 0 Å². The molecule has 0 aliphatic carbocycles. The molecule has 1 aromatic heterocycles. The maximum Gasteiger partial charge on any atom is 0.343 e. The van der Waals surface area contributed by atoms with E-state index in [4.69, 9.17) is 10.7 Å². The molecule has 1 amide bonds. The summed E-state index contributed by atoms with van der Waals surface area (Å²) >= 11 is 1.22. The van der Waals surface area contributed by atoms with Crippen LogP contribution in [-0.2, 0) is 18.6 Å². The molecule has 1 fully saturated rings. The molecule has 8 nitrogen and oxygen atoms in total. The van der Waals surface area contributed by atoms with E-state index in [1.54, 1.807) is 6.26 Å². The first-order valence-electron chi connectivity index (χ1n) is 6.01. The molecule has 0 aromatic carbocycles. The largest absolute Gasteiger partial charge is 0.465 e. The monoisotopic (exact) mass is 365 g/mol. The van der Waals surface area contributed by atoms with Crippen molar-refractivity contribution in [1.29, 1.82) is 0 Å². The number of anilines is 1. The van der Waals surface area contributed by atoms with E-state index in [9.17, 15) is 18.0 Å². The Morgan fingerprint density at radius 1 is 1.55 bits per heavy atom. The highest BCUT2D eigenvalue weighted by atomic mass is 35.7. The molecule has 22 heavy (non-hydrogen) atoms. The van der Waals surface area contributed by atoms with E-state index in [-0.39, 0.29) is 24.3 Å². The second-order valence-electron chi connectivity index (χ2n) is 4.39. The zero-order valence-electron chi connectivity index (χ0n) is 11.6. The third kappa shape index (κ3) is 3.33. The molecule has 2 rings (SSSR count). The predicted octanol–water partition coefficient (Wildman–Crippen LogP) is 0.659. The van der Waals surface area contributed by atoms with E-state index in [0.29, 0.717) is 5.16 Å². The smallest absolute Gasteiger partial charge is 0.343 e. The first kappa shape index (κ1) is 17.0. The second kappa shape index (κ2) is 6.39. The van der Waals surface area contributed by atoms with Crippen molar-refractivity contribution in [2.24, 2.45) is 0 Å². The van der Waals surface area contributed by atoms with Crippen molar-refractivity contribution in [3.8, 4) is 0 Å². The van der Waals surface area contributed by atoms with Gasteiger partial charge in [-0.15, -0.1) is 0 Å². The van der Waals surface area contributed by atoms with E-state index in [2.05, 4.69) is 14.7 Å². The third-order valence-electron chi connectivity index (χ3n) is 3.08. The van der Waals surface area contributed by atoms with Crippen LogP contribution in [-0.4, -0.2) is 55.4 Å². The lowest BCUT2D eigenvalue weighted by molar-refractivity contribution is -0.117. The van der Waals surface area contributed by atoms with Crippen LogP contribution in [0.1, 0.15) is 16.8 Å². The van der Waals surface area contributed by atoms with Crippen LogP contribution in [0.15, 0.2) is 11.4 Å². The molecule has 1 unspecified atom stereocenters. The molecule has 120 valence electrons. The molecular formula is C11H12ClN3O5S2. The van der Waals surface area contributed by atoms with Crippen LogP contribution in [0.3, 0.4) is 0 Å². The van der Waals surface area contributed by atoms with Gasteiger partial charge in [-0.2, -0.15) is 0 Å². The van der Waals surface area contributed by atoms with Crippen molar-refractivity contribution >= 4 is 49.2 Å². The molecule has 0 radical (unpaired) electrons. The van der Waals surface area contributed by atoms with Crippen molar-refractivity contribution < 1.29 is 22.7 Å². The van der Waals surface area contributed by atoms with Gasteiger partial charge in [0.25, 0.3) is 0 Å². The zero-order valence-corrected chi connectivity index (χ0v) is 14.0. The molecule has 1 aliphatic heterocycles. The molecule has 11 heteroatoms. The SMILES string of the molecule is COC(=O)c1cnc(SC)nc1N1CC(S(=O)(=O)Cl)CC1=O. The Morgan fingerprint density at radius 3 is 2.73 bits per heavy atom. The van der Waals surface area contributed by atoms with Crippen molar-refractivity contribution in [2.75, 3.05) is 24.8 Å². The summed E-state index contributed by atoms with van der Waals surface area (Å²) in [6.45, 7) is -0.167. The molecule has 1 atom stereocenters. The lowest BCUT2D eigenvalue weighted by Gasteiger charge is -2.18. The fourth-order valence-electron chi connectivity index (χ4n) is 1.98. The topological polar surface area (TPSA) is 107 Å².